The molecule has 0 aliphatic rings. The maximum absolute atomic E-state index is 11.6. The van der Waals surface area contributed by atoms with E-state index in [0.29, 0.717) is 32.1 Å². The van der Waals surface area contributed by atoms with E-state index < -0.39 is 10.0 Å². The molecule has 0 radical (unpaired) electrons. The molecule has 0 atom stereocenters. The molecular weight excluding hydrogens is 435 g/mol. The van der Waals surface area contributed by atoms with Crippen LogP contribution in [0.2, 0.25) is 10.0 Å². The van der Waals surface area contributed by atoms with Gasteiger partial charge >= 0.3 is 0 Å². The topological polar surface area (TPSA) is 101 Å². The maximum atomic E-state index is 11.6. The number of nitrogens with zero attached hydrogens (tertiary/aromatic N) is 3. The molecular formula is C19H22Cl2N4O3S. The van der Waals surface area contributed by atoms with Gasteiger partial charge in [-0.05, 0) is 24.6 Å². The Balaban J connectivity index is 2.20. The van der Waals surface area contributed by atoms with Crippen molar-refractivity contribution in [1.82, 2.24) is 13.9 Å². The van der Waals surface area contributed by atoms with Gasteiger partial charge in [-0.25, -0.2) is 12.7 Å². The quantitative estimate of drug-likeness (QED) is 0.591. The summed E-state index contributed by atoms with van der Waals surface area (Å²) in [7, 11) is -1.83. The number of pyridine rings is 1. The van der Waals surface area contributed by atoms with Gasteiger partial charge in [0, 0.05) is 59.7 Å². The number of hydrogen-bond acceptors (Lipinski definition) is 5. The van der Waals surface area contributed by atoms with Crippen LogP contribution in [0.5, 0.6) is 5.88 Å². The molecule has 29 heavy (non-hydrogen) atoms. The van der Waals surface area contributed by atoms with E-state index in [1.54, 1.807) is 29.0 Å². The van der Waals surface area contributed by atoms with Gasteiger partial charge in [-0.1, -0.05) is 29.3 Å². The summed E-state index contributed by atoms with van der Waals surface area (Å²) in [6.07, 6.45) is 2.83. The first-order valence-corrected chi connectivity index (χ1v) is 11.4. The number of fused-ring (bicyclic) bond motifs is 1. The molecule has 3 N–H and O–H groups in total. The van der Waals surface area contributed by atoms with Gasteiger partial charge in [0.15, 0.2) is 0 Å². The zero-order valence-corrected chi connectivity index (χ0v) is 18.6. The lowest BCUT2D eigenvalue weighted by atomic mass is 9.95. The second-order valence-electron chi connectivity index (χ2n) is 6.87. The van der Waals surface area contributed by atoms with Crippen LogP contribution in [-0.2, 0) is 23.1 Å². The van der Waals surface area contributed by atoms with Gasteiger partial charge in [0.05, 0.1) is 17.2 Å². The predicted octanol–water partition coefficient (Wildman–Crippen LogP) is 3.37. The van der Waals surface area contributed by atoms with E-state index in [-0.39, 0.29) is 25.5 Å². The highest BCUT2D eigenvalue weighted by Gasteiger charge is 2.22. The van der Waals surface area contributed by atoms with Gasteiger partial charge in [-0.3, -0.25) is 4.98 Å². The van der Waals surface area contributed by atoms with E-state index in [1.165, 1.54) is 11.4 Å². The van der Waals surface area contributed by atoms with Crippen molar-refractivity contribution in [2.24, 2.45) is 5.73 Å². The molecule has 0 spiro atoms. The van der Waals surface area contributed by atoms with Crippen LogP contribution in [0, 0.1) is 6.92 Å². The smallest absolute Gasteiger partial charge is 0.211 e. The highest BCUT2D eigenvalue weighted by atomic mass is 35.5. The van der Waals surface area contributed by atoms with Crippen molar-refractivity contribution < 1.29 is 13.5 Å². The van der Waals surface area contributed by atoms with E-state index in [9.17, 15) is 13.5 Å². The van der Waals surface area contributed by atoms with Gasteiger partial charge in [0.25, 0.3) is 0 Å². The largest absolute Gasteiger partial charge is 0.494 e. The number of nitrogens with two attached hydrogens (primary N) is 1. The summed E-state index contributed by atoms with van der Waals surface area (Å²) in [5.74, 6) is -0.0230. The Morgan fingerprint density at radius 2 is 2.00 bits per heavy atom. The molecule has 0 fully saturated rings. The van der Waals surface area contributed by atoms with E-state index in [2.05, 4.69) is 4.98 Å². The number of aromatic nitrogens is 2. The van der Waals surface area contributed by atoms with Gasteiger partial charge in [-0.15, -0.1) is 0 Å². The van der Waals surface area contributed by atoms with Gasteiger partial charge in [0.2, 0.25) is 15.9 Å². The molecule has 156 valence electrons. The Bertz CT molecular complexity index is 1190. The van der Waals surface area contributed by atoms with Crippen LogP contribution in [0.4, 0.5) is 0 Å². The third-order valence-corrected chi connectivity index (χ3v) is 6.80. The van der Waals surface area contributed by atoms with Crippen molar-refractivity contribution in [2.45, 2.75) is 20.0 Å². The minimum Gasteiger partial charge on any atom is -0.494 e. The average molecular weight is 457 g/mol. The molecule has 0 saturated heterocycles. The number of aryl methyl sites for hydroxylation is 1. The van der Waals surface area contributed by atoms with Crippen LogP contribution in [-0.4, -0.2) is 47.2 Å². The van der Waals surface area contributed by atoms with Crippen molar-refractivity contribution in [3.63, 3.8) is 0 Å². The third kappa shape index (κ3) is 4.22. The van der Waals surface area contributed by atoms with Crippen LogP contribution < -0.4 is 5.73 Å². The van der Waals surface area contributed by atoms with E-state index in [0.717, 1.165) is 17.5 Å². The molecule has 0 amide bonds. The zero-order valence-electron chi connectivity index (χ0n) is 16.3. The van der Waals surface area contributed by atoms with E-state index >= 15 is 0 Å². The Morgan fingerprint density at radius 3 is 2.59 bits per heavy atom. The Hall–Kier alpha value is -1.84. The number of benzene rings is 1. The fourth-order valence-corrected chi connectivity index (χ4v) is 4.18. The average Bonchev–Trinajstić information content (AvgIpc) is 2.93. The van der Waals surface area contributed by atoms with Crippen LogP contribution in [0.15, 0.2) is 24.4 Å². The first-order chi connectivity index (χ1) is 13.5. The molecule has 0 aliphatic carbocycles. The number of hydrogen-bond donors (Lipinski definition) is 2. The van der Waals surface area contributed by atoms with Crippen molar-refractivity contribution in [2.75, 3.05) is 19.8 Å². The summed E-state index contributed by atoms with van der Waals surface area (Å²) >= 11 is 12.5. The lowest BCUT2D eigenvalue weighted by Crippen LogP contribution is -2.28. The second-order valence-corrected chi connectivity index (χ2v) is 9.80. The molecule has 7 nitrogen and oxygen atoms in total. The van der Waals surface area contributed by atoms with Crippen LogP contribution >= 0.6 is 23.2 Å². The molecule has 0 bridgehead atoms. The molecule has 1 aromatic carbocycles. The SMILES string of the molecule is Cc1nc2cn(CCN(C)S(C)(=O)=O)c(O)c2c(-c2ccc(Cl)cc2Cl)c1CN. The standard InChI is InChI=1S/C19H22Cl2N4O3S/c1-11-14(9-22)17(13-5-4-12(20)8-15(13)21)18-16(23-11)10-25(19(18)26)7-6-24(2)29(3,27)28/h4-5,8,10,26H,6-7,9,22H2,1-3H3. The van der Waals surface area contributed by atoms with Crippen molar-refractivity contribution in [1.29, 1.82) is 0 Å². The summed E-state index contributed by atoms with van der Waals surface area (Å²) in [6.45, 7) is 2.52. The Kier molecular flexibility index (Phi) is 6.12. The number of rotatable bonds is 6. The molecule has 0 unspecified atom stereocenters. The van der Waals surface area contributed by atoms with Crippen LogP contribution in [0.3, 0.4) is 0 Å². The predicted molar refractivity (Wildman–Crippen MR) is 117 cm³/mol. The summed E-state index contributed by atoms with van der Waals surface area (Å²) in [6, 6.07) is 5.14. The van der Waals surface area contributed by atoms with Gasteiger partial charge in [0.1, 0.15) is 0 Å². The fourth-order valence-electron chi connectivity index (χ4n) is 3.26. The Labute approximate surface area is 179 Å². The maximum Gasteiger partial charge on any atom is 0.211 e. The number of likely N-dealkylation sites (N-methyl/N-ethyl adjacent to an activating group) is 1. The lowest BCUT2D eigenvalue weighted by Gasteiger charge is -2.15. The molecule has 10 heteroatoms. The van der Waals surface area contributed by atoms with Crippen molar-refractivity contribution in [3.05, 3.63) is 45.7 Å². The van der Waals surface area contributed by atoms with E-state index in [1.807, 2.05) is 6.92 Å². The van der Waals surface area contributed by atoms with E-state index in [4.69, 9.17) is 28.9 Å². The highest BCUT2D eigenvalue weighted by Crippen LogP contribution is 2.42. The zero-order chi connectivity index (χ0) is 21.5. The highest BCUT2D eigenvalue weighted by molar-refractivity contribution is 7.88. The van der Waals surface area contributed by atoms with Crippen molar-refractivity contribution >= 4 is 44.1 Å². The summed E-state index contributed by atoms with van der Waals surface area (Å²) in [5, 5.41) is 12.4. The minimum atomic E-state index is -3.32. The number of sulfonamides is 1. The summed E-state index contributed by atoms with van der Waals surface area (Å²) in [5.41, 5.74) is 9.44. The van der Waals surface area contributed by atoms with Crippen LogP contribution in [0.1, 0.15) is 11.3 Å². The molecule has 2 heterocycles. The second kappa shape index (κ2) is 8.12. The van der Waals surface area contributed by atoms with Gasteiger partial charge in [-0.2, -0.15) is 0 Å². The normalized spacial score (nSPS) is 12.2. The van der Waals surface area contributed by atoms with Crippen molar-refractivity contribution in [3.8, 4) is 17.0 Å². The number of aromatic hydroxyl groups is 1. The number of halogens is 2. The van der Waals surface area contributed by atoms with Gasteiger partial charge < -0.3 is 15.4 Å². The molecule has 3 aromatic rings. The summed E-state index contributed by atoms with van der Waals surface area (Å²) in [4.78, 5) is 4.58. The third-order valence-electron chi connectivity index (χ3n) is 4.93. The molecule has 2 aromatic heterocycles. The monoisotopic (exact) mass is 456 g/mol. The summed E-state index contributed by atoms with van der Waals surface area (Å²) < 4.78 is 26.1. The first-order valence-electron chi connectivity index (χ1n) is 8.82. The Morgan fingerprint density at radius 1 is 1.31 bits per heavy atom. The molecule has 0 saturated carbocycles. The molecule has 3 rings (SSSR count). The molecule has 0 aliphatic heterocycles. The lowest BCUT2D eigenvalue weighted by molar-refractivity contribution is 0.395. The minimum absolute atomic E-state index is 0.0230. The van der Waals surface area contributed by atoms with Crippen LogP contribution in [0.25, 0.3) is 22.0 Å². The first kappa shape index (κ1) is 21.9. The fraction of sp³-hybridized carbons (Fsp3) is 0.316.